The van der Waals surface area contributed by atoms with Gasteiger partial charge >= 0.3 is 6.03 Å². The van der Waals surface area contributed by atoms with E-state index >= 15 is 0 Å². The first-order valence-electron chi connectivity index (χ1n) is 9.31. The molecular weight excluding hydrogens is 348 g/mol. The molecule has 1 atom stereocenters. The van der Waals surface area contributed by atoms with Crippen LogP contribution in [0.1, 0.15) is 43.5 Å². The standard InChI is InChI=1S/C19H26N4O2S/c1-2-3-10-20-19(25)22-17(24)13-23-11-6-7-14(12-23)18-21-15-8-4-5-9-16(15)26-18/h4-5,8-9,14H,2-3,6-7,10-13H2,1H3,(H2,20,22,24,25)/t14-/m0/s1. The molecular formula is C19H26N4O2S. The minimum absolute atomic E-state index is 0.246. The maximum absolute atomic E-state index is 12.1. The molecule has 1 aromatic heterocycles. The molecule has 1 fully saturated rings. The number of fused-ring (bicyclic) bond motifs is 1. The largest absolute Gasteiger partial charge is 0.338 e. The number of rotatable bonds is 6. The molecule has 3 rings (SSSR count). The number of hydrogen-bond donors (Lipinski definition) is 2. The van der Waals surface area contributed by atoms with Crippen molar-refractivity contribution in [3.63, 3.8) is 0 Å². The molecule has 1 aliphatic rings. The van der Waals surface area contributed by atoms with Crippen LogP contribution in [0, 0.1) is 0 Å². The summed E-state index contributed by atoms with van der Waals surface area (Å²) in [5.41, 5.74) is 1.05. The topological polar surface area (TPSA) is 74.3 Å². The zero-order valence-corrected chi connectivity index (χ0v) is 16.0. The van der Waals surface area contributed by atoms with Crippen LogP contribution < -0.4 is 10.6 Å². The lowest BCUT2D eigenvalue weighted by Gasteiger charge is -2.31. The minimum Gasteiger partial charge on any atom is -0.338 e. The molecule has 6 nitrogen and oxygen atoms in total. The molecule has 0 spiro atoms. The third-order valence-electron chi connectivity index (χ3n) is 4.60. The number of benzene rings is 1. The molecule has 2 aromatic rings. The highest BCUT2D eigenvalue weighted by Gasteiger charge is 2.25. The van der Waals surface area contributed by atoms with Crippen LogP contribution in [0.4, 0.5) is 4.79 Å². The number of urea groups is 1. The van der Waals surface area contributed by atoms with E-state index in [9.17, 15) is 9.59 Å². The molecule has 0 radical (unpaired) electrons. The fraction of sp³-hybridized carbons (Fsp3) is 0.526. The second kappa shape index (κ2) is 9.09. The summed E-state index contributed by atoms with van der Waals surface area (Å²) in [4.78, 5) is 30.7. The van der Waals surface area contributed by atoms with Crippen LogP contribution in [0.3, 0.4) is 0 Å². The smallest absolute Gasteiger partial charge is 0.321 e. The number of thiazole rings is 1. The summed E-state index contributed by atoms with van der Waals surface area (Å²) in [6, 6.07) is 7.79. The first-order valence-corrected chi connectivity index (χ1v) is 10.1. The van der Waals surface area contributed by atoms with Gasteiger partial charge in [0.25, 0.3) is 0 Å². The van der Waals surface area contributed by atoms with Gasteiger partial charge in [0, 0.05) is 19.0 Å². The fourth-order valence-corrected chi connectivity index (χ4v) is 4.35. The first-order chi connectivity index (χ1) is 12.7. The molecule has 7 heteroatoms. The monoisotopic (exact) mass is 374 g/mol. The average molecular weight is 375 g/mol. The summed E-state index contributed by atoms with van der Waals surface area (Å²) in [6.45, 7) is 4.60. The zero-order chi connectivity index (χ0) is 18.4. The number of carbonyl (C=O) groups is 2. The maximum Gasteiger partial charge on any atom is 0.321 e. The van der Waals surface area contributed by atoms with Crippen LogP contribution in [-0.2, 0) is 4.79 Å². The van der Waals surface area contributed by atoms with Crippen molar-refractivity contribution >= 4 is 33.5 Å². The average Bonchev–Trinajstić information content (AvgIpc) is 3.06. The third-order valence-corrected chi connectivity index (χ3v) is 5.80. The lowest BCUT2D eigenvalue weighted by molar-refractivity contribution is -0.121. The van der Waals surface area contributed by atoms with Crippen molar-refractivity contribution in [1.82, 2.24) is 20.5 Å². The van der Waals surface area contributed by atoms with E-state index in [1.807, 2.05) is 18.2 Å². The molecule has 140 valence electrons. The third kappa shape index (κ3) is 5.02. The SMILES string of the molecule is CCCCNC(=O)NC(=O)CN1CCC[C@H](c2nc3ccccc3s2)C1. The number of unbranched alkanes of at least 4 members (excludes halogenated alkanes) is 1. The van der Waals surface area contributed by atoms with E-state index in [1.54, 1.807) is 11.3 Å². The van der Waals surface area contributed by atoms with Gasteiger partial charge in [0.15, 0.2) is 0 Å². The summed E-state index contributed by atoms with van der Waals surface area (Å²) in [7, 11) is 0. The lowest BCUT2D eigenvalue weighted by atomic mass is 9.99. The fourth-order valence-electron chi connectivity index (χ4n) is 3.26. The molecule has 0 aliphatic carbocycles. The van der Waals surface area contributed by atoms with Gasteiger partial charge < -0.3 is 5.32 Å². The Morgan fingerprint density at radius 1 is 1.35 bits per heavy atom. The van der Waals surface area contributed by atoms with Crippen molar-refractivity contribution in [2.45, 2.75) is 38.5 Å². The van der Waals surface area contributed by atoms with E-state index in [4.69, 9.17) is 4.98 Å². The van der Waals surface area contributed by atoms with Crippen LogP contribution in [0.15, 0.2) is 24.3 Å². The summed E-state index contributed by atoms with van der Waals surface area (Å²) in [5.74, 6) is 0.108. The van der Waals surface area contributed by atoms with E-state index in [0.717, 1.165) is 49.3 Å². The molecule has 0 unspecified atom stereocenters. The normalized spacial score (nSPS) is 18.0. The van der Waals surface area contributed by atoms with Gasteiger partial charge in [-0.2, -0.15) is 0 Å². The van der Waals surface area contributed by atoms with E-state index in [-0.39, 0.29) is 12.5 Å². The van der Waals surface area contributed by atoms with Gasteiger partial charge in [0.1, 0.15) is 0 Å². The van der Waals surface area contributed by atoms with Crippen molar-refractivity contribution in [2.24, 2.45) is 0 Å². The minimum atomic E-state index is -0.400. The summed E-state index contributed by atoms with van der Waals surface area (Å²) in [5, 5.41) is 6.27. The van der Waals surface area contributed by atoms with Crippen LogP contribution in [-0.4, -0.2) is 48.0 Å². The summed E-state index contributed by atoms with van der Waals surface area (Å²) < 4.78 is 1.21. The molecule has 0 saturated carbocycles. The number of nitrogens with zero attached hydrogens (tertiary/aromatic N) is 2. The molecule has 1 saturated heterocycles. The molecule has 2 heterocycles. The van der Waals surface area contributed by atoms with Gasteiger partial charge in [0.05, 0.1) is 21.8 Å². The molecule has 0 bridgehead atoms. The molecule has 3 amide bonds. The van der Waals surface area contributed by atoms with E-state index in [0.29, 0.717) is 12.5 Å². The molecule has 26 heavy (non-hydrogen) atoms. The van der Waals surface area contributed by atoms with Crippen LogP contribution in [0.2, 0.25) is 0 Å². The summed E-state index contributed by atoms with van der Waals surface area (Å²) in [6.07, 6.45) is 4.05. The second-order valence-corrected chi connectivity index (χ2v) is 7.81. The lowest BCUT2D eigenvalue weighted by Crippen LogP contribution is -2.46. The van der Waals surface area contributed by atoms with Gasteiger partial charge in [-0.15, -0.1) is 11.3 Å². The number of hydrogen-bond acceptors (Lipinski definition) is 5. The predicted octanol–water partition coefficient (Wildman–Crippen LogP) is 3.10. The van der Waals surface area contributed by atoms with Crippen molar-refractivity contribution in [3.05, 3.63) is 29.3 Å². The predicted molar refractivity (Wildman–Crippen MR) is 104 cm³/mol. The number of aromatic nitrogens is 1. The number of nitrogens with one attached hydrogen (secondary N) is 2. The van der Waals surface area contributed by atoms with Gasteiger partial charge in [-0.3, -0.25) is 15.0 Å². The number of amides is 3. The highest BCUT2D eigenvalue weighted by Crippen LogP contribution is 2.32. The Hall–Kier alpha value is -1.99. The molecule has 2 N–H and O–H groups in total. The van der Waals surface area contributed by atoms with E-state index in [2.05, 4.69) is 28.5 Å². The zero-order valence-electron chi connectivity index (χ0n) is 15.2. The van der Waals surface area contributed by atoms with Crippen molar-refractivity contribution in [1.29, 1.82) is 0 Å². The second-order valence-electron chi connectivity index (χ2n) is 6.75. The number of piperidine rings is 1. The Morgan fingerprint density at radius 2 is 2.19 bits per heavy atom. The number of imide groups is 1. The van der Waals surface area contributed by atoms with E-state index < -0.39 is 6.03 Å². The summed E-state index contributed by atoms with van der Waals surface area (Å²) >= 11 is 1.74. The van der Waals surface area contributed by atoms with Crippen LogP contribution in [0.25, 0.3) is 10.2 Å². The van der Waals surface area contributed by atoms with E-state index in [1.165, 1.54) is 4.70 Å². The van der Waals surface area contributed by atoms with Crippen molar-refractivity contribution < 1.29 is 9.59 Å². The highest BCUT2D eigenvalue weighted by molar-refractivity contribution is 7.18. The Morgan fingerprint density at radius 3 is 3.00 bits per heavy atom. The first kappa shape index (κ1) is 18.8. The Labute approximate surface area is 158 Å². The Balaban J connectivity index is 1.51. The van der Waals surface area contributed by atoms with Crippen LogP contribution in [0.5, 0.6) is 0 Å². The number of likely N-dealkylation sites (tertiary alicyclic amines) is 1. The molecule has 1 aliphatic heterocycles. The van der Waals surface area contributed by atoms with Gasteiger partial charge in [-0.05, 0) is 37.9 Å². The Kier molecular flexibility index (Phi) is 6.57. The Bertz CT molecular complexity index is 728. The van der Waals surface area contributed by atoms with Crippen molar-refractivity contribution in [3.8, 4) is 0 Å². The quantitative estimate of drug-likeness (QED) is 0.762. The molecule has 1 aromatic carbocycles. The number of para-hydroxylation sites is 1. The number of carbonyl (C=O) groups excluding carboxylic acids is 2. The maximum atomic E-state index is 12.1. The van der Waals surface area contributed by atoms with Gasteiger partial charge in [-0.25, -0.2) is 9.78 Å². The van der Waals surface area contributed by atoms with Gasteiger partial charge in [0.2, 0.25) is 5.91 Å². The van der Waals surface area contributed by atoms with Crippen molar-refractivity contribution in [2.75, 3.05) is 26.2 Å². The van der Waals surface area contributed by atoms with Gasteiger partial charge in [-0.1, -0.05) is 25.5 Å². The highest BCUT2D eigenvalue weighted by atomic mass is 32.1. The van der Waals surface area contributed by atoms with Crippen LogP contribution >= 0.6 is 11.3 Å².